The molecule has 4 heteroatoms. The summed E-state index contributed by atoms with van der Waals surface area (Å²) in [5, 5.41) is 9.86. The van der Waals surface area contributed by atoms with Crippen LogP contribution in [0, 0.1) is 61.6 Å². The zero-order valence-corrected chi connectivity index (χ0v) is 25.5. The Balaban J connectivity index is 2.01. The maximum Gasteiger partial charge on any atom is 0.178 e. The molecule has 0 aliphatic heterocycles. The summed E-state index contributed by atoms with van der Waals surface area (Å²) >= 11 is 0. The average Bonchev–Trinajstić information content (AvgIpc) is 2.84. The Morgan fingerprint density at radius 3 is 2.22 bits per heavy atom. The van der Waals surface area contributed by atoms with E-state index < -0.39 is 5.41 Å². The Labute approximate surface area is 227 Å². The van der Waals surface area contributed by atoms with Crippen molar-refractivity contribution in [2.24, 2.45) is 56.0 Å². The number of nitrogens with two attached hydrogens (primary N) is 1. The van der Waals surface area contributed by atoms with Crippen molar-refractivity contribution >= 4 is 11.6 Å². The number of rotatable bonds is 8. The molecule has 0 aromatic rings. The number of hydrogen-bond donors (Lipinski definition) is 1. The summed E-state index contributed by atoms with van der Waals surface area (Å²) in [5.41, 5.74) is 5.89. The van der Waals surface area contributed by atoms with Crippen LogP contribution in [0.25, 0.3) is 0 Å². The summed E-state index contributed by atoms with van der Waals surface area (Å²) in [5.74, 6) is 0.550. The van der Waals surface area contributed by atoms with Gasteiger partial charge in [0.05, 0.1) is 5.57 Å². The van der Waals surface area contributed by atoms with Gasteiger partial charge in [-0.25, -0.2) is 0 Å². The highest BCUT2D eigenvalue weighted by Crippen LogP contribution is 2.71. The first-order chi connectivity index (χ1) is 16.9. The highest BCUT2D eigenvalue weighted by Gasteiger charge is 2.67. The summed E-state index contributed by atoms with van der Waals surface area (Å²) in [7, 11) is 0. The molecule has 208 valence electrons. The van der Waals surface area contributed by atoms with Crippen LogP contribution < -0.4 is 5.73 Å². The van der Waals surface area contributed by atoms with Crippen molar-refractivity contribution in [3.05, 3.63) is 11.6 Å². The van der Waals surface area contributed by atoms with E-state index in [2.05, 4.69) is 61.5 Å². The van der Waals surface area contributed by atoms with Crippen LogP contribution in [0.1, 0.15) is 121 Å². The van der Waals surface area contributed by atoms with Crippen molar-refractivity contribution < 1.29 is 9.59 Å². The van der Waals surface area contributed by atoms with Gasteiger partial charge in [-0.1, -0.05) is 81.7 Å². The van der Waals surface area contributed by atoms with Crippen molar-refractivity contribution in [3.8, 4) is 6.07 Å². The lowest BCUT2D eigenvalue weighted by atomic mass is 9.35. The molecule has 3 aliphatic carbocycles. The van der Waals surface area contributed by atoms with Gasteiger partial charge in [-0.2, -0.15) is 5.26 Å². The largest absolute Gasteiger partial charge is 0.330 e. The number of allylic oxidation sites excluding steroid dienone is 2. The first-order valence-corrected chi connectivity index (χ1v) is 14.8. The predicted molar refractivity (Wildman–Crippen MR) is 152 cm³/mol. The molecule has 0 heterocycles. The molecule has 0 saturated heterocycles. The van der Waals surface area contributed by atoms with Gasteiger partial charge in [0.25, 0.3) is 0 Å². The normalized spacial score (nSPS) is 39.2. The molecule has 3 aliphatic rings. The van der Waals surface area contributed by atoms with E-state index in [1.807, 2.05) is 19.9 Å². The van der Waals surface area contributed by atoms with Crippen LogP contribution in [0.3, 0.4) is 0 Å². The molecule has 0 amide bonds. The lowest BCUT2D eigenvalue weighted by Crippen LogP contribution is -2.64. The molecule has 2 saturated carbocycles. The highest BCUT2D eigenvalue weighted by molar-refractivity contribution is 6.04. The number of Topliss-reactive ketones (excluding diaryl/α,β-unsaturated/α-hetero) is 2. The van der Waals surface area contributed by atoms with Crippen LogP contribution in [0.5, 0.6) is 0 Å². The summed E-state index contributed by atoms with van der Waals surface area (Å²) in [6, 6.07) is 2.21. The minimum absolute atomic E-state index is 0.0133. The van der Waals surface area contributed by atoms with Gasteiger partial charge in [0, 0.05) is 17.8 Å². The molecule has 0 spiro atoms. The molecule has 4 nitrogen and oxygen atoms in total. The second-order valence-electron chi connectivity index (χ2n) is 15.5. The quantitative estimate of drug-likeness (QED) is 0.363. The standard InChI is InChI=1S/C33H54N2O2/c1-11-28(3,4)14-15-30(7,21-35)16-17-32(9)22(2)24(36)18-26-31(8)19-23(20-34)27(37)29(5,6)25(31)12-13-33(26,32)10/h19,22,25-26H,11-18,21,35H2,1-10H3/t22?,25?,26-,30+,31+,32-,33-/m1/s1. The number of nitriles is 1. The van der Waals surface area contributed by atoms with Crippen LogP contribution in [0.4, 0.5) is 0 Å². The van der Waals surface area contributed by atoms with E-state index in [0.717, 1.165) is 44.9 Å². The monoisotopic (exact) mass is 510 g/mol. The van der Waals surface area contributed by atoms with Gasteiger partial charge >= 0.3 is 0 Å². The van der Waals surface area contributed by atoms with Gasteiger partial charge in [-0.05, 0) is 84.0 Å². The third kappa shape index (κ3) is 4.66. The van der Waals surface area contributed by atoms with E-state index in [1.165, 1.54) is 0 Å². The molecule has 0 aromatic carbocycles. The number of ketones is 2. The van der Waals surface area contributed by atoms with Crippen LogP contribution >= 0.6 is 0 Å². The Bertz CT molecular complexity index is 1000. The Morgan fingerprint density at radius 1 is 1.05 bits per heavy atom. The van der Waals surface area contributed by atoms with Crippen molar-refractivity contribution in [2.45, 2.75) is 121 Å². The van der Waals surface area contributed by atoms with E-state index >= 15 is 0 Å². The number of carbonyl (C=O) groups is 2. The number of nitrogens with zero attached hydrogens (tertiary/aromatic N) is 1. The third-order valence-corrected chi connectivity index (χ3v) is 12.8. The molecule has 0 bridgehead atoms. The maximum absolute atomic E-state index is 13.7. The smallest absolute Gasteiger partial charge is 0.178 e. The van der Waals surface area contributed by atoms with Crippen LogP contribution in [0.2, 0.25) is 0 Å². The highest BCUT2D eigenvalue weighted by atomic mass is 16.1. The van der Waals surface area contributed by atoms with Crippen molar-refractivity contribution in [2.75, 3.05) is 6.54 Å². The zero-order chi connectivity index (χ0) is 28.2. The first-order valence-electron chi connectivity index (χ1n) is 14.8. The van der Waals surface area contributed by atoms with E-state index in [-0.39, 0.29) is 50.8 Å². The second kappa shape index (κ2) is 9.62. The Morgan fingerprint density at radius 2 is 1.68 bits per heavy atom. The van der Waals surface area contributed by atoms with Crippen molar-refractivity contribution in [1.82, 2.24) is 0 Å². The summed E-state index contributed by atoms with van der Waals surface area (Å²) in [4.78, 5) is 26.9. The van der Waals surface area contributed by atoms with Crippen LogP contribution in [0.15, 0.2) is 11.6 Å². The van der Waals surface area contributed by atoms with Gasteiger partial charge in [-0.3, -0.25) is 9.59 Å². The number of hydrogen-bond acceptors (Lipinski definition) is 4. The van der Waals surface area contributed by atoms with E-state index in [4.69, 9.17) is 5.73 Å². The lowest BCUT2D eigenvalue weighted by molar-refractivity contribution is -0.187. The summed E-state index contributed by atoms with van der Waals surface area (Å²) in [6.45, 7) is 23.2. The number of carbonyl (C=O) groups excluding carboxylic acids is 2. The molecule has 2 fully saturated rings. The van der Waals surface area contributed by atoms with E-state index in [0.29, 0.717) is 24.2 Å². The fraction of sp³-hybridized carbons (Fsp3) is 0.848. The molecule has 3 rings (SSSR count). The molecule has 2 N–H and O–H groups in total. The molecular weight excluding hydrogens is 456 g/mol. The minimum Gasteiger partial charge on any atom is -0.330 e. The molecule has 37 heavy (non-hydrogen) atoms. The maximum atomic E-state index is 13.7. The van der Waals surface area contributed by atoms with E-state index in [9.17, 15) is 14.9 Å². The fourth-order valence-corrected chi connectivity index (χ4v) is 8.73. The van der Waals surface area contributed by atoms with Gasteiger partial charge in [0.1, 0.15) is 11.9 Å². The Hall–Kier alpha value is -1.47. The fourth-order valence-electron chi connectivity index (χ4n) is 8.73. The number of fused-ring (bicyclic) bond motifs is 3. The van der Waals surface area contributed by atoms with Crippen LogP contribution in [-0.4, -0.2) is 18.1 Å². The predicted octanol–water partition coefficient (Wildman–Crippen LogP) is 7.66. The second-order valence-corrected chi connectivity index (χ2v) is 15.5. The molecular formula is C33H54N2O2. The molecule has 0 radical (unpaired) electrons. The van der Waals surface area contributed by atoms with Gasteiger partial charge < -0.3 is 5.73 Å². The Kier molecular flexibility index (Phi) is 7.82. The first kappa shape index (κ1) is 30.1. The van der Waals surface area contributed by atoms with E-state index in [1.54, 1.807) is 0 Å². The third-order valence-electron chi connectivity index (χ3n) is 12.8. The van der Waals surface area contributed by atoms with Gasteiger partial charge in [0.2, 0.25) is 0 Å². The van der Waals surface area contributed by atoms with Crippen molar-refractivity contribution in [3.63, 3.8) is 0 Å². The van der Waals surface area contributed by atoms with Crippen molar-refractivity contribution in [1.29, 1.82) is 5.26 Å². The minimum atomic E-state index is -0.595. The molecule has 7 atom stereocenters. The van der Waals surface area contributed by atoms with Gasteiger partial charge in [-0.15, -0.1) is 0 Å². The van der Waals surface area contributed by atoms with Crippen LogP contribution in [-0.2, 0) is 9.59 Å². The topological polar surface area (TPSA) is 83.9 Å². The lowest BCUT2D eigenvalue weighted by Gasteiger charge is -2.68. The molecule has 0 aromatic heterocycles. The SMILES string of the molecule is CCC(C)(C)CC[C@](C)(CN)CC[C@]1(C)C(C)C(=O)C[C@@H]2[C@@]3(C)C=C(C#N)C(=O)C(C)(C)C3CC[C@]21C. The molecule has 2 unspecified atom stereocenters. The summed E-state index contributed by atoms with van der Waals surface area (Å²) < 4.78 is 0. The summed E-state index contributed by atoms with van der Waals surface area (Å²) in [6.07, 6.45) is 9.90. The zero-order valence-electron chi connectivity index (χ0n) is 25.5. The van der Waals surface area contributed by atoms with Gasteiger partial charge in [0.15, 0.2) is 5.78 Å². The average molecular weight is 511 g/mol.